The number of aromatic nitrogens is 4. The number of nitrogen functional groups attached to an aromatic ring is 1. The van der Waals surface area contributed by atoms with E-state index in [1.165, 1.54) is 30.6 Å². The highest BCUT2D eigenvalue weighted by Crippen LogP contribution is 2.63. The molecule has 5 rings (SSSR count). The summed E-state index contributed by atoms with van der Waals surface area (Å²) in [6.45, 7) is 1.15. The monoisotopic (exact) mass is 495 g/mol. The van der Waals surface area contributed by atoms with Crippen LogP contribution in [0.1, 0.15) is 41.6 Å². The second kappa shape index (κ2) is 9.90. The van der Waals surface area contributed by atoms with Gasteiger partial charge in [-0.3, -0.25) is 9.48 Å². The maximum Gasteiger partial charge on any atom is 0.254 e. The van der Waals surface area contributed by atoms with E-state index < -0.39 is 0 Å². The standard InChI is InChI=1S/C25H33N7O4/c1-36-20-10-17(23(35)31(6-8-33)7-9-34)2-3-18(20)15-32-21-19(14-28-32)29-24(26)30-22(21)27-13-16-11-25(12-16)4-5-25/h2-3,10,14,16,33-34H,4-9,11-13,15H2,1H3,(H3,26,27,29,30). The molecular weight excluding hydrogens is 462 g/mol. The number of ether oxygens (including phenoxy) is 1. The summed E-state index contributed by atoms with van der Waals surface area (Å²) in [4.78, 5) is 23.1. The molecule has 1 spiro atoms. The Morgan fingerprint density at radius 1 is 1.25 bits per heavy atom. The van der Waals surface area contributed by atoms with Crippen molar-refractivity contribution >= 4 is 28.7 Å². The van der Waals surface area contributed by atoms with Crippen molar-refractivity contribution < 1.29 is 19.7 Å². The smallest absolute Gasteiger partial charge is 0.254 e. The van der Waals surface area contributed by atoms with Crippen LogP contribution in [-0.4, -0.2) is 80.7 Å². The van der Waals surface area contributed by atoms with E-state index in [0.717, 1.165) is 17.6 Å². The normalized spacial score (nSPS) is 16.2. The van der Waals surface area contributed by atoms with Gasteiger partial charge in [0, 0.05) is 30.8 Å². The molecule has 2 fully saturated rings. The Labute approximate surface area is 209 Å². The summed E-state index contributed by atoms with van der Waals surface area (Å²) in [5.74, 6) is 1.77. The molecule has 2 aliphatic rings. The molecule has 192 valence electrons. The number of nitrogens with two attached hydrogens (primary N) is 1. The molecule has 0 radical (unpaired) electrons. The lowest BCUT2D eigenvalue weighted by atomic mass is 9.72. The summed E-state index contributed by atoms with van der Waals surface area (Å²) in [6.07, 6.45) is 6.97. The summed E-state index contributed by atoms with van der Waals surface area (Å²) in [5.41, 5.74) is 9.27. The number of aliphatic hydroxyl groups is 2. The zero-order valence-electron chi connectivity index (χ0n) is 20.5. The topological polar surface area (TPSA) is 152 Å². The van der Waals surface area contributed by atoms with E-state index in [1.54, 1.807) is 25.4 Å². The van der Waals surface area contributed by atoms with Crippen LogP contribution in [0.5, 0.6) is 5.75 Å². The summed E-state index contributed by atoms with van der Waals surface area (Å²) < 4.78 is 7.40. The maximum atomic E-state index is 12.9. The number of carbonyl (C=O) groups is 1. The van der Waals surface area contributed by atoms with Gasteiger partial charge in [0.05, 0.1) is 33.1 Å². The van der Waals surface area contributed by atoms with Crippen molar-refractivity contribution in [1.29, 1.82) is 0 Å². The van der Waals surface area contributed by atoms with Crippen LogP contribution in [0.4, 0.5) is 11.8 Å². The first-order valence-corrected chi connectivity index (χ1v) is 12.4. The molecule has 11 heteroatoms. The molecule has 5 N–H and O–H groups in total. The predicted octanol–water partition coefficient (Wildman–Crippen LogP) is 1.49. The third-order valence-electron chi connectivity index (χ3n) is 7.35. The highest BCUT2D eigenvalue weighted by Gasteiger charge is 2.52. The van der Waals surface area contributed by atoms with Gasteiger partial charge in [-0.1, -0.05) is 6.07 Å². The highest BCUT2D eigenvalue weighted by molar-refractivity contribution is 5.94. The molecule has 0 unspecified atom stereocenters. The number of amides is 1. The third kappa shape index (κ3) is 4.80. The Bertz CT molecular complexity index is 1240. The lowest BCUT2D eigenvalue weighted by Gasteiger charge is -2.36. The van der Waals surface area contributed by atoms with E-state index in [0.29, 0.717) is 40.5 Å². The quantitative estimate of drug-likeness (QED) is 0.310. The summed E-state index contributed by atoms with van der Waals surface area (Å²) in [6, 6.07) is 5.21. The fourth-order valence-corrected chi connectivity index (χ4v) is 5.30. The average Bonchev–Trinajstić information content (AvgIpc) is 3.56. The molecule has 36 heavy (non-hydrogen) atoms. The molecule has 0 saturated heterocycles. The number of rotatable bonds is 11. The van der Waals surface area contributed by atoms with Gasteiger partial charge in [-0.05, 0) is 49.1 Å². The largest absolute Gasteiger partial charge is 0.496 e. The van der Waals surface area contributed by atoms with Crippen LogP contribution in [0, 0.1) is 11.3 Å². The van der Waals surface area contributed by atoms with Crippen molar-refractivity contribution in [2.75, 3.05) is 51.0 Å². The summed E-state index contributed by atoms with van der Waals surface area (Å²) >= 11 is 0. The van der Waals surface area contributed by atoms with Crippen LogP contribution in [0.3, 0.4) is 0 Å². The van der Waals surface area contributed by atoms with Gasteiger partial charge in [0.1, 0.15) is 16.8 Å². The molecule has 2 heterocycles. The van der Waals surface area contributed by atoms with E-state index in [2.05, 4.69) is 20.4 Å². The van der Waals surface area contributed by atoms with Crippen molar-refractivity contribution in [2.45, 2.75) is 32.2 Å². The minimum absolute atomic E-state index is 0.142. The van der Waals surface area contributed by atoms with Gasteiger partial charge >= 0.3 is 0 Å². The molecule has 2 saturated carbocycles. The first kappa shape index (κ1) is 24.3. The lowest BCUT2D eigenvalue weighted by Crippen LogP contribution is -2.35. The van der Waals surface area contributed by atoms with E-state index in [-0.39, 0.29) is 38.2 Å². The number of nitrogens with zero attached hydrogens (tertiary/aromatic N) is 5. The van der Waals surface area contributed by atoms with Crippen molar-refractivity contribution in [3.05, 3.63) is 35.5 Å². The number of nitrogens with one attached hydrogen (secondary N) is 1. The van der Waals surface area contributed by atoms with Crippen LogP contribution >= 0.6 is 0 Å². The van der Waals surface area contributed by atoms with Crippen molar-refractivity contribution in [3.63, 3.8) is 0 Å². The Kier molecular flexibility index (Phi) is 6.67. The van der Waals surface area contributed by atoms with E-state index in [1.807, 2.05) is 10.7 Å². The Morgan fingerprint density at radius 3 is 2.67 bits per heavy atom. The molecule has 11 nitrogen and oxygen atoms in total. The van der Waals surface area contributed by atoms with Gasteiger partial charge < -0.3 is 30.9 Å². The fourth-order valence-electron chi connectivity index (χ4n) is 5.30. The van der Waals surface area contributed by atoms with Gasteiger partial charge in [0.2, 0.25) is 5.95 Å². The van der Waals surface area contributed by atoms with Crippen LogP contribution in [-0.2, 0) is 6.54 Å². The van der Waals surface area contributed by atoms with E-state index >= 15 is 0 Å². The number of carbonyl (C=O) groups excluding carboxylic acids is 1. The van der Waals surface area contributed by atoms with Gasteiger partial charge in [-0.25, -0.2) is 4.98 Å². The number of anilines is 2. The molecule has 1 amide bonds. The molecule has 3 aromatic rings. The second-order valence-corrected chi connectivity index (χ2v) is 9.89. The van der Waals surface area contributed by atoms with Gasteiger partial charge in [-0.2, -0.15) is 10.1 Å². The van der Waals surface area contributed by atoms with Crippen LogP contribution in [0.15, 0.2) is 24.4 Å². The first-order valence-electron chi connectivity index (χ1n) is 12.4. The van der Waals surface area contributed by atoms with Crippen LogP contribution < -0.4 is 15.8 Å². The highest BCUT2D eigenvalue weighted by atomic mass is 16.5. The zero-order valence-corrected chi connectivity index (χ0v) is 20.5. The Balaban J connectivity index is 1.37. The third-order valence-corrected chi connectivity index (χ3v) is 7.35. The SMILES string of the molecule is COc1cc(C(=O)N(CCO)CCO)ccc1Cn1ncc2nc(N)nc(NCC3CC4(CC4)C3)c21. The van der Waals surface area contributed by atoms with Crippen LogP contribution in [0.2, 0.25) is 0 Å². The van der Waals surface area contributed by atoms with E-state index in [9.17, 15) is 15.0 Å². The average molecular weight is 496 g/mol. The van der Waals surface area contributed by atoms with Crippen molar-refractivity contribution in [1.82, 2.24) is 24.6 Å². The molecule has 0 atom stereocenters. The molecule has 1 aromatic carbocycles. The number of fused-ring (bicyclic) bond motifs is 1. The number of hydrogen-bond donors (Lipinski definition) is 4. The predicted molar refractivity (Wildman–Crippen MR) is 135 cm³/mol. The molecular formula is C25H33N7O4. The number of aliphatic hydroxyl groups excluding tert-OH is 2. The Hall–Kier alpha value is -3.44. The Morgan fingerprint density at radius 2 is 2.00 bits per heavy atom. The molecule has 2 aromatic heterocycles. The fraction of sp³-hybridized carbons (Fsp3) is 0.520. The lowest BCUT2D eigenvalue weighted by molar-refractivity contribution is 0.0684. The maximum absolute atomic E-state index is 12.9. The first-order chi connectivity index (χ1) is 17.4. The summed E-state index contributed by atoms with van der Waals surface area (Å²) in [5, 5.41) is 26.5. The number of hydrogen-bond acceptors (Lipinski definition) is 9. The molecule has 0 aliphatic heterocycles. The number of methoxy groups -OCH3 is 1. The molecule has 2 aliphatic carbocycles. The zero-order chi connectivity index (χ0) is 25.3. The van der Waals surface area contributed by atoms with Crippen molar-refractivity contribution in [2.24, 2.45) is 11.3 Å². The van der Waals surface area contributed by atoms with Crippen LogP contribution in [0.25, 0.3) is 11.0 Å². The minimum Gasteiger partial charge on any atom is -0.496 e. The minimum atomic E-state index is -0.285. The van der Waals surface area contributed by atoms with E-state index in [4.69, 9.17) is 10.5 Å². The van der Waals surface area contributed by atoms with Gasteiger partial charge in [0.15, 0.2) is 5.82 Å². The number of benzene rings is 1. The molecule has 0 bridgehead atoms. The second-order valence-electron chi connectivity index (χ2n) is 9.89. The summed E-state index contributed by atoms with van der Waals surface area (Å²) in [7, 11) is 1.55. The van der Waals surface area contributed by atoms with Gasteiger partial charge in [-0.15, -0.1) is 0 Å². The van der Waals surface area contributed by atoms with Crippen molar-refractivity contribution in [3.8, 4) is 5.75 Å². The van der Waals surface area contributed by atoms with Gasteiger partial charge in [0.25, 0.3) is 5.91 Å².